The summed E-state index contributed by atoms with van der Waals surface area (Å²) in [5.74, 6) is 1.95. The van der Waals surface area contributed by atoms with Crippen molar-refractivity contribution in [3.8, 4) is 5.75 Å². The Balaban J connectivity index is 0.00000144. The Morgan fingerprint density at radius 1 is 1.09 bits per heavy atom. The molecule has 0 amide bonds. The van der Waals surface area contributed by atoms with Gasteiger partial charge in [-0.2, -0.15) is 0 Å². The summed E-state index contributed by atoms with van der Waals surface area (Å²) in [4.78, 5) is 9.24. The Kier molecular flexibility index (Phi) is 3.94. The zero-order valence-corrected chi connectivity index (χ0v) is 13.2. The van der Waals surface area contributed by atoms with Crippen molar-refractivity contribution in [2.45, 2.75) is 6.54 Å². The molecule has 0 bridgehead atoms. The van der Waals surface area contributed by atoms with Crippen LogP contribution in [0.25, 0.3) is 0 Å². The summed E-state index contributed by atoms with van der Waals surface area (Å²) in [6.07, 6.45) is 0. The standard InChI is InChI=1S/C17H17N3O.ClH/c1-21-14-7-8-15-16(11-14)19-10-9-18-17(19)20(15)12-13-5-3-2-4-6-13;/h2-8,11H,9-10,12H2,1H3;1H. The predicted octanol–water partition coefficient (Wildman–Crippen LogP) is 3.31. The zero-order chi connectivity index (χ0) is 14.2. The number of rotatable bonds is 3. The van der Waals surface area contributed by atoms with Gasteiger partial charge in [-0.3, -0.25) is 4.99 Å². The molecule has 0 aromatic heterocycles. The van der Waals surface area contributed by atoms with E-state index in [1.165, 1.54) is 16.9 Å². The van der Waals surface area contributed by atoms with Crippen LogP contribution in [0.5, 0.6) is 5.75 Å². The van der Waals surface area contributed by atoms with Gasteiger partial charge in [-0.1, -0.05) is 30.3 Å². The van der Waals surface area contributed by atoms with Crippen LogP contribution in [-0.4, -0.2) is 26.2 Å². The maximum absolute atomic E-state index is 5.36. The van der Waals surface area contributed by atoms with Gasteiger partial charge in [0.15, 0.2) is 0 Å². The van der Waals surface area contributed by atoms with Crippen molar-refractivity contribution in [1.29, 1.82) is 0 Å². The van der Waals surface area contributed by atoms with Gasteiger partial charge in [0.25, 0.3) is 0 Å². The summed E-state index contributed by atoms with van der Waals surface area (Å²) >= 11 is 0. The lowest BCUT2D eigenvalue weighted by Crippen LogP contribution is -2.34. The van der Waals surface area contributed by atoms with Crippen molar-refractivity contribution in [2.24, 2.45) is 4.99 Å². The van der Waals surface area contributed by atoms with Gasteiger partial charge in [-0.25, -0.2) is 0 Å². The van der Waals surface area contributed by atoms with E-state index in [2.05, 4.69) is 51.2 Å². The molecule has 0 unspecified atom stereocenters. The minimum atomic E-state index is 0. The molecule has 4 rings (SSSR count). The second-order valence-electron chi connectivity index (χ2n) is 5.26. The number of methoxy groups -OCH3 is 1. The molecule has 2 aliphatic rings. The third-order valence-corrected chi connectivity index (χ3v) is 4.01. The fourth-order valence-electron chi connectivity index (χ4n) is 3.00. The molecular formula is C17H18ClN3O. The third kappa shape index (κ3) is 2.29. The summed E-state index contributed by atoms with van der Waals surface area (Å²) in [5.41, 5.74) is 3.69. The van der Waals surface area contributed by atoms with Crippen molar-refractivity contribution in [3.63, 3.8) is 0 Å². The molecule has 0 atom stereocenters. The quantitative estimate of drug-likeness (QED) is 0.870. The second-order valence-corrected chi connectivity index (χ2v) is 5.26. The maximum Gasteiger partial charge on any atom is 0.206 e. The molecule has 4 nitrogen and oxygen atoms in total. The number of ether oxygens (including phenoxy) is 1. The van der Waals surface area contributed by atoms with E-state index >= 15 is 0 Å². The normalized spacial score (nSPS) is 15.0. The molecule has 2 aliphatic heterocycles. The van der Waals surface area contributed by atoms with Gasteiger partial charge in [0.2, 0.25) is 5.96 Å². The van der Waals surface area contributed by atoms with Crippen molar-refractivity contribution in [2.75, 3.05) is 30.0 Å². The van der Waals surface area contributed by atoms with Crippen LogP contribution in [0, 0.1) is 0 Å². The monoisotopic (exact) mass is 315 g/mol. The molecule has 22 heavy (non-hydrogen) atoms. The van der Waals surface area contributed by atoms with Crippen LogP contribution in [-0.2, 0) is 6.54 Å². The van der Waals surface area contributed by atoms with E-state index in [9.17, 15) is 0 Å². The highest BCUT2D eigenvalue weighted by atomic mass is 35.5. The topological polar surface area (TPSA) is 28.1 Å². The minimum Gasteiger partial charge on any atom is -0.497 e. The first-order valence-corrected chi connectivity index (χ1v) is 7.18. The fraction of sp³-hybridized carbons (Fsp3) is 0.235. The molecule has 2 aromatic carbocycles. The van der Waals surface area contributed by atoms with E-state index in [0.29, 0.717) is 0 Å². The van der Waals surface area contributed by atoms with Crippen molar-refractivity contribution >= 4 is 29.7 Å². The van der Waals surface area contributed by atoms with E-state index in [0.717, 1.165) is 31.3 Å². The minimum absolute atomic E-state index is 0. The average molecular weight is 316 g/mol. The molecule has 0 fully saturated rings. The summed E-state index contributed by atoms with van der Waals surface area (Å²) in [5, 5.41) is 0. The Morgan fingerprint density at radius 3 is 2.68 bits per heavy atom. The number of nitrogens with zero attached hydrogens (tertiary/aromatic N) is 3. The molecule has 114 valence electrons. The van der Waals surface area contributed by atoms with Gasteiger partial charge in [0, 0.05) is 12.6 Å². The van der Waals surface area contributed by atoms with Crippen molar-refractivity contribution in [3.05, 3.63) is 54.1 Å². The highest BCUT2D eigenvalue weighted by Crippen LogP contribution is 2.41. The van der Waals surface area contributed by atoms with Gasteiger partial charge in [0.1, 0.15) is 5.75 Å². The molecule has 0 radical (unpaired) electrons. The molecule has 0 saturated heterocycles. The number of hydrogen-bond donors (Lipinski definition) is 0. The first-order chi connectivity index (χ1) is 10.4. The summed E-state index contributed by atoms with van der Waals surface area (Å²) < 4.78 is 5.36. The SMILES string of the molecule is COc1ccc2c(c1)N1CCN=C1N2Cc1ccccc1.Cl. The molecule has 0 aliphatic carbocycles. The Labute approximate surface area is 136 Å². The van der Waals surface area contributed by atoms with Crippen LogP contribution in [0.3, 0.4) is 0 Å². The van der Waals surface area contributed by atoms with Gasteiger partial charge < -0.3 is 14.5 Å². The van der Waals surface area contributed by atoms with E-state index in [-0.39, 0.29) is 12.4 Å². The number of benzene rings is 2. The highest BCUT2D eigenvalue weighted by molar-refractivity contribution is 6.17. The molecule has 0 N–H and O–H groups in total. The Morgan fingerprint density at radius 2 is 1.91 bits per heavy atom. The number of halogens is 1. The fourth-order valence-corrected chi connectivity index (χ4v) is 3.00. The number of hydrogen-bond acceptors (Lipinski definition) is 4. The van der Waals surface area contributed by atoms with Crippen LogP contribution < -0.4 is 14.5 Å². The number of aliphatic imine (C=N–C) groups is 1. The number of anilines is 2. The third-order valence-electron chi connectivity index (χ3n) is 4.01. The van der Waals surface area contributed by atoms with Gasteiger partial charge in [-0.05, 0) is 17.7 Å². The van der Waals surface area contributed by atoms with Crippen LogP contribution in [0.4, 0.5) is 11.4 Å². The van der Waals surface area contributed by atoms with Crippen LogP contribution in [0.15, 0.2) is 53.5 Å². The Hall–Kier alpha value is -2.20. The molecule has 2 aromatic rings. The van der Waals surface area contributed by atoms with Crippen LogP contribution in [0.2, 0.25) is 0 Å². The highest BCUT2D eigenvalue weighted by Gasteiger charge is 2.35. The van der Waals surface area contributed by atoms with Gasteiger partial charge in [0.05, 0.1) is 31.6 Å². The largest absolute Gasteiger partial charge is 0.497 e. The first kappa shape index (κ1) is 14.7. The number of fused-ring (bicyclic) bond motifs is 3. The lowest BCUT2D eigenvalue weighted by atomic mass is 10.2. The predicted molar refractivity (Wildman–Crippen MR) is 92.5 cm³/mol. The van der Waals surface area contributed by atoms with E-state index in [1.54, 1.807) is 7.11 Å². The van der Waals surface area contributed by atoms with Crippen LogP contribution >= 0.6 is 12.4 Å². The summed E-state index contributed by atoms with van der Waals surface area (Å²) in [6, 6.07) is 16.7. The second kappa shape index (κ2) is 5.89. The molecule has 5 heteroatoms. The molecule has 0 saturated carbocycles. The van der Waals surface area contributed by atoms with Gasteiger partial charge in [-0.15, -0.1) is 12.4 Å². The van der Waals surface area contributed by atoms with Crippen molar-refractivity contribution in [1.82, 2.24) is 0 Å². The molecule has 0 spiro atoms. The van der Waals surface area contributed by atoms with E-state index < -0.39 is 0 Å². The lowest BCUT2D eigenvalue weighted by Gasteiger charge is -2.19. The van der Waals surface area contributed by atoms with Crippen molar-refractivity contribution < 1.29 is 4.74 Å². The summed E-state index contributed by atoms with van der Waals surface area (Å²) in [7, 11) is 1.71. The zero-order valence-electron chi connectivity index (χ0n) is 12.4. The lowest BCUT2D eigenvalue weighted by molar-refractivity contribution is 0.415. The molecular weight excluding hydrogens is 298 g/mol. The number of guanidine groups is 1. The average Bonchev–Trinajstić information content (AvgIpc) is 3.11. The van der Waals surface area contributed by atoms with E-state index in [1.807, 2.05) is 12.1 Å². The smallest absolute Gasteiger partial charge is 0.206 e. The van der Waals surface area contributed by atoms with Crippen LogP contribution in [0.1, 0.15) is 5.56 Å². The maximum atomic E-state index is 5.36. The summed E-state index contributed by atoms with van der Waals surface area (Å²) in [6.45, 7) is 2.65. The van der Waals surface area contributed by atoms with Gasteiger partial charge >= 0.3 is 0 Å². The Bertz CT molecular complexity index is 702. The molecule has 2 heterocycles. The van der Waals surface area contributed by atoms with E-state index in [4.69, 9.17) is 4.74 Å². The first-order valence-electron chi connectivity index (χ1n) is 7.18.